The molecule has 8 heteroatoms. The molecule has 0 aliphatic carbocycles. The first kappa shape index (κ1) is 23.8. The van der Waals surface area contributed by atoms with Crippen molar-refractivity contribution in [3.05, 3.63) is 94.1 Å². The van der Waals surface area contributed by atoms with Crippen LogP contribution < -0.4 is 14.2 Å². The zero-order valence-electron chi connectivity index (χ0n) is 20.2. The highest BCUT2D eigenvalue weighted by Gasteiger charge is 2.41. The molecular weight excluding hydrogens is 478 g/mol. The summed E-state index contributed by atoms with van der Waals surface area (Å²) in [6.07, 6.45) is 0.645. The van der Waals surface area contributed by atoms with Crippen LogP contribution in [0, 0.1) is 0 Å². The summed E-state index contributed by atoms with van der Waals surface area (Å²) in [5.74, 6) is 2.00. The average molecular weight is 504 g/mol. The first-order valence-corrected chi connectivity index (χ1v) is 11.9. The van der Waals surface area contributed by atoms with Gasteiger partial charge in [-0.3, -0.25) is 9.89 Å². The minimum atomic E-state index is -0.305. The lowest BCUT2D eigenvalue weighted by molar-refractivity contribution is 0.0746. The van der Waals surface area contributed by atoms with Gasteiger partial charge in [0.2, 0.25) is 0 Å². The van der Waals surface area contributed by atoms with Crippen molar-refractivity contribution in [3.8, 4) is 28.5 Å². The Morgan fingerprint density at radius 3 is 2.31 bits per heavy atom. The number of benzene rings is 3. The van der Waals surface area contributed by atoms with Gasteiger partial charge in [-0.15, -0.1) is 0 Å². The number of hydrogen-bond donors (Lipinski definition) is 1. The number of carbonyl (C=O) groups is 1. The molecule has 36 heavy (non-hydrogen) atoms. The van der Waals surface area contributed by atoms with E-state index in [1.165, 1.54) is 0 Å². The van der Waals surface area contributed by atoms with Crippen LogP contribution in [0.2, 0.25) is 5.02 Å². The van der Waals surface area contributed by atoms with Crippen LogP contribution in [0.25, 0.3) is 11.3 Å². The Morgan fingerprint density at radius 2 is 1.64 bits per heavy atom. The second-order valence-electron chi connectivity index (χ2n) is 8.48. The molecule has 2 heterocycles. The highest BCUT2D eigenvalue weighted by atomic mass is 35.5. The predicted octanol–water partition coefficient (Wildman–Crippen LogP) is 5.54. The summed E-state index contributed by atoms with van der Waals surface area (Å²) in [5.41, 5.74) is 5.03. The summed E-state index contributed by atoms with van der Waals surface area (Å²) in [6, 6.07) is 20.8. The molecule has 1 N–H and O–H groups in total. The first-order valence-electron chi connectivity index (χ1n) is 11.5. The fourth-order valence-corrected chi connectivity index (χ4v) is 4.80. The maximum absolute atomic E-state index is 13.6. The van der Waals surface area contributed by atoms with Gasteiger partial charge >= 0.3 is 0 Å². The third-order valence-electron chi connectivity index (χ3n) is 6.50. The molecule has 1 aliphatic rings. The monoisotopic (exact) mass is 503 g/mol. The molecule has 0 spiro atoms. The van der Waals surface area contributed by atoms with Gasteiger partial charge in [-0.25, -0.2) is 0 Å². The largest absolute Gasteiger partial charge is 0.497 e. The summed E-state index contributed by atoms with van der Waals surface area (Å²) < 4.78 is 16.1. The van der Waals surface area contributed by atoms with E-state index in [9.17, 15) is 4.79 Å². The number of ether oxygens (including phenoxy) is 3. The molecule has 184 valence electrons. The summed E-state index contributed by atoms with van der Waals surface area (Å²) in [6.45, 7) is 0.506. The molecule has 3 aromatic carbocycles. The number of carbonyl (C=O) groups excluding carboxylic acids is 1. The summed E-state index contributed by atoms with van der Waals surface area (Å²) in [7, 11) is 4.86. The van der Waals surface area contributed by atoms with Crippen molar-refractivity contribution in [3.63, 3.8) is 0 Å². The summed E-state index contributed by atoms with van der Waals surface area (Å²) >= 11 is 6.18. The molecule has 1 atom stereocenters. The fourth-order valence-electron chi connectivity index (χ4n) is 4.67. The second-order valence-corrected chi connectivity index (χ2v) is 8.92. The normalized spacial score (nSPS) is 14.6. The van der Waals surface area contributed by atoms with Gasteiger partial charge in [-0.2, -0.15) is 5.10 Å². The van der Waals surface area contributed by atoms with Crippen molar-refractivity contribution in [1.29, 1.82) is 0 Å². The highest BCUT2D eigenvalue weighted by Crippen LogP contribution is 2.43. The van der Waals surface area contributed by atoms with Crippen LogP contribution in [0.3, 0.4) is 0 Å². The smallest absolute Gasteiger partial charge is 0.273 e. The maximum Gasteiger partial charge on any atom is 0.273 e. The van der Waals surface area contributed by atoms with Crippen LogP contribution in [0.15, 0.2) is 66.7 Å². The number of nitrogens with one attached hydrogen (secondary N) is 1. The minimum Gasteiger partial charge on any atom is -0.497 e. The predicted molar refractivity (Wildman–Crippen MR) is 138 cm³/mol. The number of amides is 1. The molecule has 0 radical (unpaired) electrons. The van der Waals surface area contributed by atoms with Crippen molar-refractivity contribution in [2.75, 3.05) is 27.9 Å². The van der Waals surface area contributed by atoms with E-state index < -0.39 is 0 Å². The Balaban J connectivity index is 1.51. The molecule has 1 unspecified atom stereocenters. The zero-order valence-corrected chi connectivity index (χ0v) is 21.0. The lowest BCUT2D eigenvalue weighted by Gasteiger charge is -2.26. The molecule has 4 aromatic rings. The molecule has 0 saturated heterocycles. The lowest BCUT2D eigenvalue weighted by atomic mass is 9.96. The van der Waals surface area contributed by atoms with E-state index in [2.05, 4.69) is 10.2 Å². The number of fused-ring (bicyclic) bond motifs is 1. The Bertz CT molecular complexity index is 1380. The molecule has 0 bridgehead atoms. The van der Waals surface area contributed by atoms with Gasteiger partial charge in [0.05, 0.1) is 33.1 Å². The second kappa shape index (κ2) is 9.95. The Morgan fingerprint density at radius 1 is 0.917 bits per heavy atom. The van der Waals surface area contributed by atoms with Crippen molar-refractivity contribution >= 4 is 17.5 Å². The number of methoxy groups -OCH3 is 3. The van der Waals surface area contributed by atoms with E-state index in [4.69, 9.17) is 25.8 Å². The molecule has 1 amide bonds. The van der Waals surface area contributed by atoms with E-state index in [1.54, 1.807) is 21.3 Å². The van der Waals surface area contributed by atoms with Crippen molar-refractivity contribution in [2.45, 2.75) is 12.5 Å². The number of aromatic nitrogens is 2. The third-order valence-corrected chi connectivity index (χ3v) is 6.75. The average Bonchev–Trinajstić information content (AvgIpc) is 3.46. The molecule has 7 nitrogen and oxygen atoms in total. The van der Waals surface area contributed by atoms with Gasteiger partial charge in [-0.05, 0) is 66.1 Å². The lowest BCUT2D eigenvalue weighted by Crippen LogP contribution is -2.31. The Labute approximate surface area is 214 Å². The SMILES string of the molecule is COc1ccc(-c2n[nH]c3c2C(c2ccc(Cl)cc2)N(CCc2ccc(OC)c(OC)c2)C3=O)cc1. The van der Waals surface area contributed by atoms with Gasteiger partial charge in [-0.1, -0.05) is 29.8 Å². The standard InChI is InChI=1S/C28H26ClN3O4/c1-34-21-11-7-18(8-12-21)25-24-26(31-30-25)28(33)32(27(24)19-5-9-20(29)10-6-19)15-14-17-4-13-22(35-2)23(16-17)36-3/h4-13,16,27H,14-15H2,1-3H3,(H,30,31). The number of H-pyrrole nitrogens is 1. The molecule has 5 rings (SSSR count). The van der Waals surface area contributed by atoms with Crippen molar-refractivity contribution < 1.29 is 19.0 Å². The Hall–Kier alpha value is -3.97. The number of halogens is 1. The summed E-state index contributed by atoms with van der Waals surface area (Å²) in [4.78, 5) is 15.5. The van der Waals surface area contributed by atoms with Crippen LogP contribution in [-0.4, -0.2) is 48.9 Å². The minimum absolute atomic E-state index is 0.0855. The van der Waals surface area contributed by atoms with Crippen LogP contribution >= 0.6 is 11.6 Å². The topological polar surface area (TPSA) is 76.7 Å². The van der Waals surface area contributed by atoms with Crippen molar-refractivity contribution in [1.82, 2.24) is 15.1 Å². The van der Waals surface area contributed by atoms with Crippen molar-refractivity contribution in [2.24, 2.45) is 0 Å². The molecule has 0 saturated carbocycles. The van der Waals surface area contributed by atoms with Crippen LogP contribution in [0.1, 0.15) is 33.2 Å². The first-order chi connectivity index (χ1) is 17.5. The molecule has 1 aromatic heterocycles. The maximum atomic E-state index is 13.6. The Kier molecular flexibility index (Phi) is 6.57. The van der Waals surface area contributed by atoms with Crippen LogP contribution in [-0.2, 0) is 6.42 Å². The van der Waals surface area contributed by atoms with Crippen LogP contribution in [0.5, 0.6) is 17.2 Å². The van der Waals surface area contributed by atoms with Gasteiger partial charge in [0.15, 0.2) is 11.5 Å². The molecular formula is C28H26ClN3O4. The van der Waals surface area contributed by atoms with E-state index in [1.807, 2.05) is 71.6 Å². The third kappa shape index (κ3) is 4.27. The van der Waals surface area contributed by atoms with Gasteiger partial charge in [0.25, 0.3) is 5.91 Å². The fraction of sp³-hybridized carbons (Fsp3) is 0.214. The van der Waals surface area contributed by atoms with Crippen LogP contribution in [0.4, 0.5) is 0 Å². The van der Waals surface area contributed by atoms with Gasteiger partial charge in [0, 0.05) is 22.7 Å². The van der Waals surface area contributed by atoms with E-state index in [0.29, 0.717) is 35.2 Å². The molecule has 1 aliphatic heterocycles. The highest BCUT2D eigenvalue weighted by molar-refractivity contribution is 6.30. The van der Waals surface area contributed by atoms with E-state index in [0.717, 1.165) is 33.7 Å². The number of nitrogens with zero attached hydrogens (tertiary/aromatic N) is 2. The number of rotatable bonds is 8. The molecule has 0 fully saturated rings. The number of aromatic amines is 1. The number of hydrogen-bond acceptors (Lipinski definition) is 5. The van der Waals surface area contributed by atoms with Gasteiger partial charge < -0.3 is 19.1 Å². The summed E-state index contributed by atoms with van der Waals surface area (Å²) in [5, 5.41) is 8.17. The quantitative estimate of drug-likeness (QED) is 0.341. The zero-order chi connectivity index (χ0) is 25.2. The van der Waals surface area contributed by atoms with E-state index >= 15 is 0 Å². The van der Waals surface area contributed by atoms with E-state index in [-0.39, 0.29) is 11.9 Å². The van der Waals surface area contributed by atoms with Gasteiger partial charge in [0.1, 0.15) is 11.4 Å².